The number of hydrogen-bond donors (Lipinski definition) is 0. The second-order valence-corrected chi connectivity index (χ2v) is 2.07. The van der Waals surface area contributed by atoms with Gasteiger partial charge in [0.05, 0.1) is 0 Å². The Morgan fingerprint density at radius 3 is 2.86 bits per heavy atom. The zero-order valence-corrected chi connectivity index (χ0v) is 4.56. The van der Waals surface area contributed by atoms with E-state index in [-0.39, 0.29) is 0 Å². The van der Waals surface area contributed by atoms with E-state index in [1.54, 1.807) is 0 Å². The van der Waals surface area contributed by atoms with Crippen LogP contribution >= 0.6 is 0 Å². The molecular weight excluding hydrogens is 82.9 g/mol. The lowest BCUT2D eigenvalue weighted by atomic mass is 9.68. The Morgan fingerprint density at radius 1 is 1.71 bits per heavy atom. The quantitative estimate of drug-likeness (QED) is 0.343. The van der Waals surface area contributed by atoms with Crippen LogP contribution in [0.4, 0.5) is 0 Å². The molecule has 7 heavy (non-hydrogen) atoms. The van der Waals surface area contributed by atoms with Gasteiger partial charge in [0.2, 0.25) is 0 Å². The molecule has 0 saturated carbocycles. The fourth-order valence-electron chi connectivity index (χ4n) is 1.02. The molecule has 1 saturated heterocycles. The molecular formula is C6H10B. The van der Waals surface area contributed by atoms with Crippen molar-refractivity contribution in [2.24, 2.45) is 0 Å². The average Bonchev–Trinajstić information content (AvgIpc) is 2.14. The molecule has 0 unspecified atom stereocenters. The average molecular weight is 93.0 g/mol. The highest BCUT2D eigenvalue weighted by Gasteiger charge is 2.11. The summed E-state index contributed by atoms with van der Waals surface area (Å²) >= 11 is 0. The first-order chi connectivity index (χ1) is 3.43. The predicted molar refractivity (Wildman–Crippen MR) is 33.7 cm³/mol. The van der Waals surface area contributed by atoms with Crippen molar-refractivity contribution >= 4 is 7.28 Å². The van der Waals surface area contributed by atoms with Gasteiger partial charge >= 0.3 is 0 Å². The normalized spacial score (nSPS) is 29.4. The summed E-state index contributed by atoms with van der Waals surface area (Å²) in [6.07, 6.45) is 6.05. The Hall–Kier alpha value is -0.195. The van der Waals surface area contributed by atoms with Gasteiger partial charge in [-0.3, -0.25) is 0 Å². The molecule has 1 aliphatic heterocycles. The summed E-state index contributed by atoms with van der Waals surface area (Å²) < 4.78 is 0. The molecule has 0 aromatic carbocycles. The molecule has 0 aromatic rings. The van der Waals surface area contributed by atoms with Gasteiger partial charge in [-0.2, -0.15) is 0 Å². The lowest BCUT2D eigenvalue weighted by molar-refractivity contribution is 0.868. The Labute approximate surface area is 45.9 Å². The van der Waals surface area contributed by atoms with Crippen molar-refractivity contribution in [2.75, 3.05) is 0 Å². The maximum Gasteiger partial charge on any atom is 0.118 e. The van der Waals surface area contributed by atoms with Gasteiger partial charge in [0.15, 0.2) is 0 Å². The first-order valence-electron chi connectivity index (χ1n) is 2.89. The molecule has 0 aliphatic carbocycles. The van der Waals surface area contributed by atoms with E-state index >= 15 is 0 Å². The van der Waals surface area contributed by atoms with Crippen LogP contribution in [0, 0.1) is 0 Å². The molecule has 1 heterocycles. The maximum atomic E-state index is 3.71. The summed E-state index contributed by atoms with van der Waals surface area (Å²) in [5.74, 6) is 0.736. The Kier molecular flexibility index (Phi) is 1.56. The van der Waals surface area contributed by atoms with Crippen molar-refractivity contribution < 1.29 is 0 Å². The van der Waals surface area contributed by atoms with Gasteiger partial charge in [-0.05, 0) is 0 Å². The molecule has 1 radical (unpaired) electrons. The molecule has 37 valence electrons. The van der Waals surface area contributed by atoms with E-state index in [1.165, 1.54) is 19.2 Å². The van der Waals surface area contributed by atoms with Gasteiger partial charge in [-0.25, -0.2) is 0 Å². The Morgan fingerprint density at radius 2 is 2.57 bits per heavy atom. The summed E-state index contributed by atoms with van der Waals surface area (Å²) in [6.45, 7) is 3.71. The van der Waals surface area contributed by atoms with Crippen molar-refractivity contribution in [3.63, 3.8) is 0 Å². The van der Waals surface area contributed by atoms with Crippen LogP contribution in [0.15, 0.2) is 12.7 Å². The topological polar surface area (TPSA) is 0 Å². The van der Waals surface area contributed by atoms with Crippen LogP contribution < -0.4 is 0 Å². The van der Waals surface area contributed by atoms with Crippen LogP contribution in [-0.4, -0.2) is 7.28 Å². The summed E-state index contributed by atoms with van der Waals surface area (Å²) in [6, 6.07) is 0. The lowest BCUT2D eigenvalue weighted by Crippen LogP contribution is -1.86. The van der Waals surface area contributed by atoms with Gasteiger partial charge in [-0.1, -0.05) is 31.1 Å². The second-order valence-electron chi connectivity index (χ2n) is 2.07. The van der Waals surface area contributed by atoms with E-state index in [0.717, 1.165) is 5.82 Å². The third kappa shape index (κ3) is 1.08. The minimum absolute atomic E-state index is 0.736. The largest absolute Gasteiger partial charge is 0.118 e. The van der Waals surface area contributed by atoms with Crippen molar-refractivity contribution in [3.05, 3.63) is 12.7 Å². The van der Waals surface area contributed by atoms with Gasteiger partial charge in [0, 0.05) is 0 Å². The van der Waals surface area contributed by atoms with E-state index in [9.17, 15) is 0 Å². The zero-order chi connectivity index (χ0) is 5.11. The number of allylic oxidation sites excluding steroid dienone is 1. The van der Waals surface area contributed by atoms with Crippen LogP contribution in [0.25, 0.3) is 0 Å². The van der Waals surface area contributed by atoms with Crippen LogP contribution in [0.2, 0.25) is 12.1 Å². The van der Waals surface area contributed by atoms with Gasteiger partial charge in [-0.15, -0.1) is 6.58 Å². The van der Waals surface area contributed by atoms with Crippen molar-refractivity contribution in [1.82, 2.24) is 0 Å². The monoisotopic (exact) mass is 93.1 g/mol. The Balaban J connectivity index is 2.26. The molecule has 0 aromatic heterocycles. The molecule has 0 nitrogen and oxygen atoms in total. The van der Waals surface area contributed by atoms with Crippen LogP contribution in [0.1, 0.15) is 12.8 Å². The lowest BCUT2D eigenvalue weighted by Gasteiger charge is -1.93. The van der Waals surface area contributed by atoms with Gasteiger partial charge in [0.25, 0.3) is 0 Å². The number of rotatable bonds is 1. The highest BCUT2D eigenvalue weighted by molar-refractivity contribution is 6.39. The minimum atomic E-state index is 0.736. The van der Waals surface area contributed by atoms with Crippen molar-refractivity contribution in [2.45, 2.75) is 25.0 Å². The molecule has 1 aliphatic rings. The molecule has 0 N–H and O–H groups in total. The fourth-order valence-corrected chi connectivity index (χ4v) is 1.02. The molecule has 0 amide bonds. The Bertz CT molecular complexity index is 62.6. The summed E-state index contributed by atoms with van der Waals surface area (Å²) in [7, 11) is 2.34. The summed E-state index contributed by atoms with van der Waals surface area (Å²) in [4.78, 5) is 0. The summed E-state index contributed by atoms with van der Waals surface area (Å²) in [5, 5.41) is 0. The first kappa shape index (κ1) is 4.95. The van der Waals surface area contributed by atoms with Crippen LogP contribution in [0.3, 0.4) is 0 Å². The highest BCUT2D eigenvalue weighted by Crippen LogP contribution is 2.23. The van der Waals surface area contributed by atoms with Crippen LogP contribution in [0.5, 0.6) is 0 Å². The second kappa shape index (κ2) is 2.20. The van der Waals surface area contributed by atoms with Gasteiger partial charge in [0.1, 0.15) is 7.28 Å². The van der Waals surface area contributed by atoms with Crippen LogP contribution in [-0.2, 0) is 0 Å². The third-order valence-corrected chi connectivity index (χ3v) is 1.51. The molecule has 0 spiro atoms. The van der Waals surface area contributed by atoms with E-state index in [0.29, 0.717) is 0 Å². The van der Waals surface area contributed by atoms with E-state index in [1.807, 2.05) is 6.08 Å². The number of hydrogen-bond acceptors (Lipinski definition) is 0. The molecule has 1 heteroatoms. The molecule has 1 rings (SSSR count). The summed E-state index contributed by atoms with van der Waals surface area (Å²) in [5.41, 5.74) is 0. The smallest absolute Gasteiger partial charge is 0.104 e. The zero-order valence-electron chi connectivity index (χ0n) is 4.56. The maximum absolute atomic E-state index is 3.71. The van der Waals surface area contributed by atoms with E-state index in [4.69, 9.17) is 0 Å². The van der Waals surface area contributed by atoms with Gasteiger partial charge < -0.3 is 0 Å². The highest BCUT2D eigenvalue weighted by atomic mass is 14.0. The van der Waals surface area contributed by atoms with Crippen molar-refractivity contribution in [1.29, 1.82) is 0 Å². The van der Waals surface area contributed by atoms with E-state index < -0.39 is 0 Å². The minimum Gasteiger partial charge on any atom is -0.104 e. The standard InChI is InChI=1S/C6H10B/c1-2-6-4-3-5-7-6/h2,6H,1,3-5H2/t6-/m1/s1. The SMILES string of the molecule is C=C[C@H]1[B]CCC1. The molecule has 0 bridgehead atoms. The molecule has 1 atom stereocenters. The molecule has 1 fully saturated rings. The van der Waals surface area contributed by atoms with E-state index in [2.05, 4.69) is 13.9 Å². The predicted octanol–water partition coefficient (Wildman–Crippen LogP) is 1.88. The third-order valence-electron chi connectivity index (χ3n) is 1.51. The van der Waals surface area contributed by atoms with Crippen molar-refractivity contribution in [3.8, 4) is 0 Å². The first-order valence-corrected chi connectivity index (χ1v) is 2.89. The fraction of sp³-hybridized carbons (Fsp3) is 0.667.